The summed E-state index contributed by atoms with van der Waals surface area (Å²) in [6.07, 6.45) is 3.36. The van der Waals surface area contributed by atoms with Gasteiger partial charge >= 0.3 is 0 Å². The fraction of sp³-hybridized carbons (Fsp3) is 0.0556. The molecule has 0 aliphatic heterocycles. The van der Waals surface area contributed by atoms with Crippen LogP contribution >= 0.6 is 22.7 Å². The van der Waals surface area contributed by atoms with Crippen LogP contribution in [0.1, 0.15) is 9.75 Å². The Morgan fingerprint density at radius 2 is 1.78 bits per heavy atom. The van der Waals surface area contributed by atoms with Crippen molar-refractivity contribution in [3.63, 3.8) is 0 Å². The van der Waals surface area contributed by atoms with E-state index in [1.54, 1.807) is 51.9 Å². The zero-order valence-corrected chi connectivity index (χ0v) is 13.8. The number of carbonyl (C=O) groups is 1. The predicted molar refractivity (Wildman–Crippen MR) is 95.3 cm³/mol. The predicted octanol–water partition coefficient (Wildman–Crippen LogP) is 5.20. The second-order valence-electron chi connectivity index (χ2n) is 4.83. The molecule has 0 fully saturated rings. The maximum atomic E-state index is 13.1. The smallest absolute Gasteiger partial charge is 0.251 e. The van der Waals surface area contributed by atoms with Gasteiger partial charge in [-0.3, -0.25) is 4.79 Å². The molecule has 2 nitrogen and oxygen atoms in total. The molecule has 2 aromatic heterocycles. The van der Waals surface area contributed by atoms with Gasteiger partial charge in [0.2, 0.25) is 0 Å². The highest BCUT2D eigenvalue weighted by molar-refractivity contribution is 7.10. The summed E-state index contributed by atoms with van der Waals surface area (Å²) in [6, 6.07) is 13.8. The molecular weight excluding hydrogens is 329 g/mol. The summed E-state index contributed by atoms with van der Waals surface area (Å²) < 4.78 is 13.1. The van der Waals surface area contributed by atoms with E-state index < -0.39 is 0 Å². The highest BCUT2D eigenvalue weighted by Gasteiger charge is 2.14. The molecule has 3 aromatic rings. The molecule has 116 valence electrons. The molecule has 3 rings (SSSR count). The number of benzene rings is 1. The van der Waals surface area contributed by atoms with Crippen molar-refractivity contribution < 1.29 is 9.18 Å². The quantitative estimate of drug-likeness (QED) is 0.583. The molecule has 0 radical (unpaired) electrons. The first kappa shape index (κ1) is 15.6. The summed E-state index contributed by atoms with van der Waals surface area (Å²) in [5.41, 5.74) is 0.681. The van der Waals surface area contributed by atoms with Gasteiger partial charge in [-0.05, 0) is 53.2 Å². The van der Waals surface area contributed by atoms with Gasteiger partial charge in [0, 0.05) is 21.5 Å². The fourth-order valence-electron chi connectivity index (χ4n) is 2.11. The number of carbonyl (C=O) groups excluding carboxylic acids is 1. The van der Waals surface area contributed by atoms with Crippen LogP contribution in [0.3, 0.4) is 0 Å². The third kappa shape index (κ3) is 4.15. The molecule has 1 aromatic carbocycles. The highest BCUT2D eigenvalue weighted by atomic mass is 32.1. The lowest BCUT2D eigenvalue weighted by molar-refractivity contribution is -0.114. The van der Waals surface area contributed by atoms with E-state index in [1.165, 1.54) is 12.1 Å². The Morgan fingerprint density at radius 1 is 1.04 bits per heavy atom. The molecular formula is C18H14FNOS2. The minimum atomic E-state index is -0.314. The summed E-state index contributed by atoms with van der Waals surface area (Å²) in [5.74, 6) is -0.440. The Kier molecular flexibility index (Phi) is 5.00. The summed E-state index contributed by atoms with van der Waals surface area (Å²) in [5, 5.41) is 3.94. The van der Waals surface area contributed by atoms with Crippen LogP contribution < -0.4 is 4.90 Å². The first-order valence-electron chi connectivity index (χ1n) is 7.03. The summed E-state index contributed by atoms with van der Waals surface area (Å²) in [6.45, 7) is 0.469. The molecule has 0 saturated heterocycles. The van der Waals surface area contributed by atoms with Crippen molar-refractivity contribution in [2.24, 2.45) is 0 Å². The van der Waals surface area contributed by atoms with E-state index in [4.69, 9.17) is 0 Å². The number of amides is 1. The van der Waals surface area contributed by atoms with E-state index in [-0.39, 0.29) is 11.7 Å². The van der Waals surface area contributed by atoms with Crippen LogP contribution in [0, 0.1) is 5.82 Å². The van der Waals surface area contributed by atoms with Crippen LogP contribution in [-0.4, -0.2) is 5.91 Å². The van der Waals surface area contributed by atoms with Gasteiger partial charge in [-0.1, -0.05) is 12.1 Å². The van der Waals surface area contributed by atoms with Crippen molar-refractivity contribution >= 4 is 40.3 Å². The summed E-state index contributed by atoms with van der Waals surface area (Å²) in [7, 11) is 0. The first-order chi connectivity index (χ1) is 11.2. The number of hydrogen-bond donors (Lipinski definition) is 0. The molecule has 0 atom stereocenters. The Hall–Kier alpha value is -2.24. The van der Waals surface area contributed by atoms with Crippen LogP contribution in [0.25, 0.3) is 6.08 Å². The molecule has 5 heteroatoms. The van der Waals surface area contributed by atoms with Crippen LogP contribution in [0.5, 0.6) is 0 Å². The van der Waals surface area contributed by atoms with Crippen LogP contribution in [0.2, 0.25) is 0 Å². The zero-order chi connectivity index (χ0) is 16.1. The monoisotopic (exact) mass is 343 g/mol. The van der Waals surface area contributed by atoms with Crippen molar-refractivity contribution in [1.29, 1.82) is 0 Å². The lowest BCUT2D eigenvalue weighted by atomic mass is 10.2. The topological polar surface area (TPSA) is 20.3 Å². The van der Waals surface area contributed by atoms with E-state index in [9.17, 15) is 9.18 Å². The van der Waals surface area contributed by atoms with Crippen LogP contribution in [0.15, 0.2) is 65.4 Å². The Morgan fingerprint density at radius 3 is 2.43 bits per heavy atom. The molecule has 1 amide bonds. The average Bonchev–Trinajstić information content (AvgIpc) is 3.25. The van der Waals surface area contributed by atoms with Crippen LogP contribution in [-0.2, 0) is 11.3 Å². The molecule has 0 saturated carbocycles. The average molecular weight is 343 g/mol. The molecule has 0 aliphatic carbocycles. The van der Waals surface area contributed by atoms with Gasteiger partial charge in [0.05, 0.1) is 6.54 Å². The Balaban J connectivity index is 1.84. The second kappa shape index (κ2) is 7.35. The first-order valence-corrected chi connectivity index (χ1v) is 8.79. The van der Waals surface area contributed by atoms with Gasteiger partial charge in [0.15, 0.2) is 0 Å². The number of halogens is 1. The zero-order valence-electron chi connectivity index (χ0n) is 12.2. The summed E-state index contributed by atoms with van der Waals surface area (Å²) in [4.78, 5) is 16.4. The number of rotatable bonds is 5. The minimum Gasteiger partial charge on any atom is -0.304 e. The van der Waals surface area contributed by atoms with Crippen LogP contribution in [0.4, 0.5) is 10.1 Å². The van der Waals surface area contributed by atoms with Gasteiger partial charge in [-0.15, -0.1) is 22.7 Å². The van der Waals surface area contributed by atoms with Crippen molar-refractivity contribution in [3.05, 3.63) is 80.9 Å². The van der Waals surface area contributed by atoms with E-state index >= 15 is 0 Å². The lowest BCUT2D eigenvalue weighted by Crippen LogP contribution is -2.28. The molecule has 0 aliphatic rings. The molecule has 2 heterocycles. The van der Waals surface area contributed by atoms with Gasteiger partial charge in [0.25, 0.3) is 5.91 Å². The number of thiophene rings is 2. The standard InChI is InChI=1S/C18H14FNOS2/c19-14-5-7-15(8-6-14)20(13-17-4-2-12-23-17)18(21)10-9-16-3-1-11-22-16/h1-12H,13H2/b10-9+. The van der Waals surface area contributed by atoms with E-state index in [1.807, 2.05) is 35.0 Å². The van der Waals surface area contributed by atoms with Crippen molar-refractivity contribution in [1.82, 2.24) is 0 Å². The van der Waals surface area contributed by atoms with Gasteiger partial charge in [-0.2, -0.15) is 0 Å². The molecule has 23 heavy (non-hydrogen) atoms. The van der Waals surface area contributed by atoms with Crippen molar-refractivity contribution in [2.45, 2.75) is 6.54 Å². The number of nitrogens with zero attached hydrogens (tertiary/aromatic N) is 1. The normalized spacial score (nSPS) is 11.0. The molecule has 0 unspecified atom stereocenters. The van der Waals surface area contributed by atoms with Gasteiger partial charge in [0.1, 0.15) is 5.82 Å². The highest BCUT2D eigenvalue weighted by Crippen LogP contribution is 2.21. The molecule has 0 spiro atoms. The van der Waals surface area contributed by atoms with Crippen molar-refractivity contribution in [3.8, 4) is 0 Å². The third-order valence-electron chi connectivity index (χ3n) is 3.23. The SMILES string of the molecule is O=C(/C=C/c1cccs1)N(Cc1cccs1)c1ccc(F)cc1. The minimum absolute atomic E-state index is 0.126. The second-order valence-corrected chi connectivity index (χ2v) is 6.84. The van der Waals surface area contributed by atoms with E-state index in [0.717, 1.165) is 9.75 Å². The maximum absolute atomic E-state index is 13.1. The van der Waals surface area contributed by atoms with E-state index in [2.05, 4.69) is 0 Å². The Bertz CT molecular complexity index is 777. The lowest BCUT2D eigenvalue weighted by Gasteiger charge is -2.20. The number of hydrogen-bond acceptors (Lipinski definition) is 3. The van der Waals surface area contributed by atoms with Gasteiger partial charge < -0.3 is 4.90 Å². The van der Waals surface area contributed by atoms with Gasteiger partial charge in [-0.25, -0.2) is 4.39 Å². The molecule has 0 N–H and O–H groups in total. The Labute approximate surface area is 142 Å². The number of anilines is 1. The third-order valence-corrected chi connectivity index (χ3v) is 4.93. The maximum Gasteiger partial charge on any atom is 0.251 e. The fourth-order valence-corrected chi connectivity index (χ4v) is 3.42. The largest absolute Gasteiger partial charge is 0.304 e. The molecule has 0 bridgehead atoms. The van der Waals surface area contributed by atoms with E-state index in [0.29, 0.717) is 12.2 Å². The van der Waals surface area contributed by atoms with Crippen molar-refractivity contribution in [2.75, 3.05) is 4.90 Å². The summed E-state index contributed by atoms with van der Waals surface area (Å²) >= 11 is 3.17.